The summed E-state index contributed by atoms with van der Waals surface area (Å²) in [6.45, 7) is 2.36. The molecule has 10 heteroatoms. The van der Waals surface area contributed by atoms with Crippen LogP contribution in [-0.2, 0) is 53.0 Å². The van der Waals surface area contributed by atoms with Gasteiger partial charge in [0.1, 0.15) is 0 Å². The molecule has 0 unspecified atom stereocenters. The predicted molar refractivity (Wildman–Crippen MR) is 138 cm³/mol. The van der Waals surface area contributed by atoms with Crippen molar-refractivity contribution < 1.29 is 32.1 Å². The largest absolute Gasteiger partial charge is 0.416 e. The third-order valence-electron chi connectivity index (χ3n) is 6.23. The molecule has 0 amide bonds. The fourth-order valence-corrected chi connectivity index (χ4v) is 4.09. The summed E-state index contributed by atoms with van der Waals surface area (Å²) >= 11 is 0. The predicted octanol–water partition coefficient (Wildman–Crippen LogP) is 6.44. The lowest BCUT2D eigenvalue weighted by molar-refractivity contribution is -0.195. The molecule has 3 aromatic rings. The molecule has 0 N–H and O–H groups in total. The third kappa shape index (κ3) is 10.6. The van der Waals surface area contributed by atoms with E-state index >= 15 is 0 Å². The van der Waals surface area contributed by atoms with Gasteiger partial charge in [-0.25, -0.2) is 4.79 Å². The minimum Gasteiger partial charge on any atom is -0.361 e. The molecule has 7 nitrogen and oxygen atoms in total. The van der Waals surface area contributed by atoms with Crippen LogP contribution in [0.1, 0.15) is 79.4 Å². The summed E-state index contributed by atoms with van der Waals surface area (Å²) in [5, 5.41) is 5.31. The second-order valence-corrected chi connectivity index (χ2v) is 9.46. The number of halogens is 3. The summed E-state index contributed by atoms with van der Waals surface area (Å²) in [6, 6.07) is 12.1. The number of unbranched alkanes of at least 4 members (excludes halogenated alkanes) is 5. The lowest BCUT2D eigenvalue weighted by Crippen LogP contribution is -2.27. The lowest BCUT2D eigenvalue weighted by atomic mass is 10.1. The van der Waals surface area contributed by atoms with Gasteiger partial charge in [0.2, 0.25) is 12.2 Å². The molecule has 0 saturated heterocycles. The quantitative estimate of drug-likeness (QED) is 0.0887. The van der Waals surface area contributed by atoms with Gasteiger partial charge in [0.15, 0.2) is 5.82 Å². The Kier molecular flexibility index (Phi) is 11.7. The fraction of sp³-hybridized carbons (Fsp3) is 0.448. The average Bonchev–Trinajstić information content (AvgIpc) is 3.37. The van der Waals surface area contributed by atoms with Crippen LogP contribution in [0.4, 0.5) is 13.2 Å². The van der Waals surface area contributed by atoms with E-state index in [2.05, 4.69) is 17.1 Å². The van der Waals surface area contributed by atoms with Crippen LogP contribution in [0.2, 0.25) is 0 Å². The van der Waals surface area contributed by atoms with Gasteiger partial charge in [-0.15, -0.1) is 5.06 Å². The number of benzene rings is 2. The average molecular weight is 546 g/mol. The Labute approximate surface area is 226 Å². The molecule has 2 aromatic carbocycles. The van der Waals surface area contributed by atoms with Crippen molar-refractivity contribution in [3.8, 4) is 0 Å². The zero-order valence-corrected chi connectivity index (χ0v) is 22.1. The first kappa shape index (κ1) is 30.0. The Morgan fingerprint density at radius 2 is 1.46 bits per heavy atom. The number of aromatic nitrogens is 2. The van der Waals surface area contributed by atoms with Crippen LogP contribution in [0.25, 0.3) is 0 Å². The van der Waals surface area contributed by atoms with Crippen LogP contribution in [0.15, 0.2) is 53.1 Å². The topological polar surface area (TPSA) is 85.5 Å². The number of nitrogens with zero attached hydrogens (tertiary/aromatic N) is 3. The molecule has 0 radical (unpaired) electrons. The Bertz CT molecular complexity index is 1160. The van der Waals surface area contributed by atoms with Crippen molar-refractivity contribution >= 4 is 12.3 Å². The van der Waals surface area contributed by atoms with Crippen LogP contribution in [-0.4, -0.2) is 27.5 Å². The van der Waals surface area contributed by atoms with E-state index < -0.39 is 17.7 Å². The number of hydrogen-bond donors (Lipinski definition) is 0. The number of aldehydes is 1. The summed E-state index contributed by atoms with van der Waals surface area (Å²) in [5.74, 6) is 0.256. The second-order valence-electron chi connectivity index (χ2n) is 9.46. The minimum atomic E-state index is -4.44. The molecule has 210 valence electrons. The van der Waals surface area contributed by atoms with Gasteiger partial charge >= 0.3 is 12.1 Å². The zero-order valence-electron chi connectivity index (χ0n) is 22.1. The van der Waals surface area contributed by atoms with Crippen LogP contribution in [0, 0.1) is 0 Å². The van der Waals surface area contributed by atoms with Crippen molar-refractivity contribution in [3.05, 3.63) is 82.5 Å². The van der Waals surface area contributed by atoms with Crippen LogP contribution in [0.3, 0.4) is 0 Å². The van der Waals surface area contributed by atoms with Gasteiger partial charge in [-0.3, -0.25) is 4.79 Å². The molecule has 0 fully saturated rings. The smallest absolute Gasteiger partial charge is 0.361 e. The van der Waals surface area contributed by atoms with E-state index in [-0.39, 0.29) is 19.4 Å². The maximum Gasteiger partial charge on any atom is 0.416 e. The Hall–Kier alpha value is -3.53. The molecule has 39 heavy (non-hydrogen) atoms. The van der Waals surface area contributed by atoms with Crippen molar-refractivity contribution in [1.82, 2.24) is 15.2 Å². The van der Waals surface area contributed by atoms with Gasteiger partial charge in [0.25, 0.3) is 0 Å². The molecule has 0 spiro atoms. The highest BCUT2D eigenvalue weighted by molar-refractivity contribution is 6.20. The number of hydroxylamine groups is 2. The molecule has 0 atom stereocenters. The van der Waals surface area contributed by atoms with Gasteiger partial charge in [-0.1, -0.05) is 80.6 Å². The number of alkyl halides is 3. The summed E-state index contributed by atoms with van der Waals surface area (Å²) in [6.07, 6.45) is 4.99. The van der Waals surface area contributed by atoms with Crippen molar-refractivity contribution in [2.24, 2.45) is 0 Å². The SMILES string of the molecule is CCCCCCCCc1noc(CCc2ccc(CN(Cc3ccc(C(F)(F)F)cc3)OC(=O)C=O)cc2)n1. The fourth-order valence-electron chi connectivity index (χ4n) is 4.09. The lowest BCUT2D eigenvalue weighted by Gasteiger charge is -2.20. The maximum atomic E-state index is 12.8. The maximum absolute atomic E-state index is 12.8. The minimum absolute atomic E-state index is 0.0116. The highest BCUT2D eigenvalue weighted by Crippen LogP contribution is 2.29. The molecule has 0 aliphatic rings. The molecule has 0 bridgehead atoms. The Morgan fingerprint density at radius 1 is 0.872 bits per heavy atom. The summed E-state index contributed by atoms with van der Waals surface area (Å²) in [4.78, 5) is 31.9. The summed E-state index contributed by atoms with van der Waals surface area (Å²) in [7, 11) is 0. The number of hydrogen-bond acceptors (Lipinski definition) is 7. The molecule has 0 aliphatic heterocycles. The zero-order chi connectivity index (χ0) is 28.1. The highest BCUT2D eigenvalue weighted by Gasteiger charge is 2.30. The number of rotatable bonds is 16. The Morgan fingerprint density at radius 3 is 2.08 bits per heavy atom. The first-order valence-electron chi connectivity index (χ1n) is 13.2. The number of carbonyl (C=O) groups is 2. The van der Waals surface area contributed by atoms with Crippen molar-refractivity contribution in [3.63, 3.8) is 0 Å². The van der Waals surface area contributed by atoms with Gasteiger partial charge in [0, 0.05) is 12.8 Å². The van der Waals surface area contributed by atoms with Crippen LogP contribution >= 0.6 is 0 Å². The van der Waals surface area contributed by atoms with E-state index in [4.69, 9.17) is 9.36 Å². The highest BCUT2D eigenvalue weighted by atomic mass is 19.4. The first-order valence-corrected chi connectivity index (χ1v) is 13.2. The molecule has 1 aromatic heterocycles. The van der Waals surface area contributed by atoms with E-state index in [1.165, 1.54) is 49.3 Å². The molecule has 0 aliphatic carbocycles. The standard InChI is InChI=1S/C29H34F3N3O4/c1-2-3-4-5-6-7-8-26-33-27(38-34-26)18-15-22-9-11-23(12-10-22)19-35(39-28(37)21-36)20-24-13-16-25(17-14-24)29(30,31)32/h9-14,16-17,21H,2-8,15,18-20H2,1H3. The molecule has 1 heterocycles. The van der Waals surface area contributed by atoms with Crippen LogP contribution < -0.4 is 0 Å². The number of carbonyl (C=O) groups excluding carboxylic acids is 2. The van der Waals surface area contributed by atoms with Crippen molar-refractivity contribution in [2.45, 2.75) is 84.0 Å². The molecular formula is C29H34F3N3O4. The van der Waals surface area contributed by atoms with E-state index in [0.29, 0.717) is 24.3 Å². The summed E-state index contributed by atoms with van der Waals surface area (Å²) < 4.78 is 43.9. The van der Waals surface area contributed by atoms with Gasteiger partial charge in [-0.05, 0) is 41.7 Å². The van der Waals surface area contributed by atoms with E-state index in [1.54, 1.807) is 0 Å². The molecule has 3 rings (SSSR count). The monoisotopic (exact) mass is 545 g/mol. The van der Waals surface area contributed by atoms with Crippen LogP contribution in [0.5, 0.6) is 0 Å². The van der Waals surface area contributed by atoms with Gasteiger partial charge < -0.3 is 9.36 Å². The van der Waals surface area contributed by atoms with E-state index in [1.807, 2.05) is 24.3 Å². The second kappa shape index (κ2) is 15.2. The van der Waals surface area contributed by atoms with Gasteiger partial charge in [-0.2, -0.15) is 18.2 Å². The summed E-state index contributed by atoms with van der Waals surface area (Å²) in [5.41, 5.74) is 1.57. The van der Waals surface area contributed by atoms with Gasteiger partial charge in [0.05, 0.1) is 18.7 Å². The Balaban J connectivity index is 1.50. The first-order chi connectivity index (χ1) is 18.8. The van der Waals surface area contributed by atoms with Crippen molar-refractivity contribution in [1.29, 1.82) is 0 Å². The van der Waals surface area contributed by atoms with E-state index in [9.17, 15) is 22.8 Å². The molecule has 0 saturated carbocycles. The van der Waals surface area contributed by atoms with E-state index in [0.717, 1.165) is 41.9 Å². The third-order valence-corrected chi connectivity index (χ3v) is 6.23. The van der Waals surface area contributed by atoms with Crippen molar-refractivity contribution in [2.75, 3.05) is 0 Å². The normalized spacial score (nSPS) is 11.6. The molecular weight excluding hydrogens is 511 g/mol. The number of aryl methyl sites for hydroxylation is 3.